The fraction of sp³-hybridized carbons (Fsp3) is 0.619. The lowest BCUT2D eigenvalue weighted by molar-refractivity contribution is -0.121. The molecule has 3 heterocycles. The minimum absolute atomic E-state index is 0. The van der Waals surface area contributed by atoms with Gasteiger partial charge in [0.15, 0.2) is 12.6 Å². The van der Waals surface area contributed by atoms with Gasteiger partial charge in [0, 0.05) is 39.8 Å². The Morgan fingerprint density at radius 1 is 1.23 bits per heavy atom. The summed E-state index contributed by atoms with van der Waals surface area (Å²) in [5.41, 5.74) is 0.848. The Morgan fingerprint density at radius 3 is 2.87 bits per heavy atom. The largest absolute Gasteiger partial charge is 0.482 e. The van der Waals surface area contributed by atoms with Gasteiger partial charge in [-0.3, -0.25) is 9.79 Å². The maximum absolute atomic E-state index is 12.3. The molecule has 9 heteroatoms. The summed E-state index contributed by atoms with van der Waals surface area (Å²) in [4.78, 5) is 20.8. The van der Waals surface area contributed by atoms with Crippen molar-refractivity contribution in [2.75, 3.05) is 57.9 Å². The predicted molar refractivity (Wildman–Crippen MR) is 126 cm³/mol. The van der Waals surface area contributed by atoms with E-state index in [1.54, 1.807) is 7.05 Å². The van der Waals surface area contributed by atoms with Crippen molar-refractivity contribution in [1.82, 2.24) is 10.2 Å². The lowest BCUT2D eigenvalue weighted by Crippen LogP contribution is -2.53. The molecule has 2 unspecified atom stereocenters. The minimum Gasteiger partial charge on any atom is -0.482 e. The van der Waals surface area contributed by atoms with E-state index in [9.17, 15) is 4.79 Å². The summed E-state index contributed by atoms with van der Waals surface area (Å²) in [6, 6.07) is 7.68. The molecule has 30 heavy (non-hydrogen) atoms. The number of amides is 1. The number of rotatable bonds is 5. The molecule has 3 aliphatic rings. The van der Waals surface area contributed by atoms with Crippen molar-refractivity contribution in [3.05, 3.63) is 24.3 Å². The molecule has 0 aromatic heterocycles. The number of morpholine rings is 1. The standard InChI is InChI=1S/C21H30N4O4.HI/c1-22-21(24-11-13-28-19(14-24)18-8-4-12-27-18)23-9-5-10-25-16-6-2-3-7-17(16)29-15-20(25)26;/h2-3,6-7,18-19H,4-5,8-15H2,1H3,(H,22,23);1H. The van der Waals surface area contributed by atoms with Gasteiger partial charge in [-0.25, -0.2) is 0 Å². The summed E-state index contributed by atoms with van der Waals surface area (Å²) in [7, 11) is 1.81. The third-order valence-corrected chi connectivity index (χ3v) is 5.63. The summed E-state index contributed by atoms with van der Waals surface area (Å²) >= 11 is 0. The highest BCUT2D eigenvalue weighted by molar-refractivity contribution is 14.0. The van der Waals surface area contributed by atoms with Gasteiger partial charge in [-0.15, -0.1) is 24.0 Å². The number of fused-ring (bicyclic) bond motifs is 1. The van der Waals surface area contributed by atoms with Gasteiger partial charge in [-0.1, -0.05) is 12.1 Å². The van der Waals surface area contributed by atoms with Crippen molar-refractivity contribution in [2.24, 2.45) is 4.99 Å². The second-order valence-electron chi connectivity index (χ2n) is 7.54. The third-order valence-electron chi connectivity index (χ3n) is 5.63. The Hall–Kier alpha value is -1.59. The quantitative estimate of drug-likeness (QED) is 0.271. The molecule has 0 bridgehead atoms. The topological polar surface area (TPSA) is 75.6 Å². The Bertz CT molecular complexity index is 741. The van der Waals surface area contributed by atoms with Gasteiger partial charge < -0.3 is 29.3 Å². The van der Waals surface area contributed by atoms with E-state index < -0.39 is 0 Å². The van der Waals surface area contributed by atoms with Crippen molar-refractivity contribution in [1.29, 1.82) is 0 Å². The highest BCUT2D eigenvalue weighted by Gasteiger charge is 2.32. The van der Waals surface area contributed by atoms with Crippen molar-refractivity contribution >= 4 is 41.5 Å². The fourth-order valence-electron chi connectivity index (χ4n) is 4.16. The van der Waals surface area contributed by atoms with E-state index in [1.165, 1.54) is 0 Å². The molecule has 3 aliphatic heterocycles. The summed E-state index contributed by atoms with van der Waals surface area (Å²) in [6.45, 7) is 4.61. The summed E-state index contributed by atoms with van der Waals surface area (Å²) in [6.07, 6.45) is 3.30. The summed E-state index contributed by atoms with van der Waals surface area (Å²) in [5.74, 6) is 1.65. The number of anilines is 1. The Kier molecular flexibility index (Phi) is 8.58. The number of carbonyl (C=O) groups excluding carboxylic acids is 1. The highest BCUT2D eigenvalue weighted by Crippen LogP contribution is 2.31. The number of aliphatic imine (C=N–C) groups is 1. The monoisotopic (exact) mass is 530 g/mol. The van der Waals surface area contributed by atoms with E-state index in [1.807, 2.05) is 29.2 Å². The first kappa shape index (κ1) is 23.1. The molecule has 0 spiro atoms. The van der Waals surface area contributed by atoms with E-state index in [0.29, 0.717) is 13.2 Å². The van der Waals surface area contributed by atoms with Gasteiger partial charge in [0.1, 0.15) is 11.9 Å². The number of benzene rings is 1. The van der Waals surface area contributed by atoms with Crippen LogP contribution in [0.5, 0.6) is 5.75 Å². The summed E-state index contributed by atoms with van der Waals surface area (Å²) < 4.78 is 17.2. The van der Waals surface area contributed by atoms with Crippen LogP contribution in [0.2, 0.25) is 0 Å². The zero-order chi connectivity index (χ0) is 20.1. The maximum Gasteiger partial charge on any atom is 0.265 e. The number of hydrogen-bond acceptors (Lipinski definition) is 5. The van der Waals surface area contributed by atoms with E-state index in [4.69, 9.17) is 14.2 Å². The number of halogens is 1. The molecule has 2 saturated heterocycles. The van der Waals surface area contributed by atoms with Gasteiger partial charge >= 0.3 is 0 Å². The highest BCUT2D eigenvalue weighted by atomic mass is 127. The van der Waals surface area contributed by atoms with Crippen LogP contribution in [0.1, 0.15) is 19.3 Å². The Morgan fingerprint density at radius 2 is 2.07 bits per heavy atom. The smallest absolute Gasteiger partial charge is 0.265 e. The first-order valence-corrected chi connectivity index (χ1v) is 10.5. The average molecular weight is 530 g/mol. The molecular weight excluding hydrogens is 499 g/mol. The zero-order valence-electron chi connectivity index (χ0n) is 17.4. The van der Waals surface area contributed by atoms with Crippen LogP contribution in [0.4, 0.5) is 5.69 Å². The minimum atomic E-state index is 0. The van der Waals surface area contributed by atoms with Crippen LogP contribution in [-0.4, -0.2) is 82.0 Å². The molecular formula is C21H31IN4O4. The molecule has 1 amide bonds. The third kappa shape index (κ3) is 5.36. The molecule has 1 aromatic rings. The lowest BCUT2D eigenvalue weighted by Gasteiger charge is -2.37. The molecule has 4 rings (SSSR count). The number of nitrogens with zero attached hydrogens (tertiary/aromatic N) is 3. The molecule has 0 saturated carbocycles. The molecule has 2 fully saturated rings. The van der Waals surface area contributed by atoms with Crippen LogP contribution in [0.25, 0.3) is 0 Å². The molecule has 0 radical (unpaired) electrons. The number of guanidine groups is 1. The molecule has 1 N–H and O–H groups in total. The van der Waals surface area contributed by atoms with E-state index >= 15 is 0 Å². The first-order chi connectivity index (χ1) is 14.3. The Balaban J connectivity index is 0.00000256. The van der Waals surface area contributed by atoms with E-state index in [-0.39, 0.29) is 48.7 Å². The SMILES string of the molecule is CN=C(NCCCN1C(=O)COc2ccccc21)N1CCOC(C2CCCO2)C1.I. The van der Waals surface area contributed by atoms with Crippen LogP contribution in [0, 0.1) is 0 Å². The number of ether oxygens (including phenoxy) is 3. The normalized spacial score (nSPS) is 24.2. The molecule has 1 aromatic carbocycles. The molecule has 0 aliphatic carbocycles. The maximum atomic E-state index is 12.3. The van der Waals surface area contributed by atoms with Gasteiger partial charge in [0.05, 0.1) is 18.4 Å². The van der Waals surface area contributed by atoms with Crippen LogP contribution >= 0.6 is 24.0 Å². The predicted octanol–water partition coefficient (Wildman–Crippen LogP) is 1.88. The van der Waals surface area contributed by atoms with Crippen molar-refractivity contribution < 1.29 is 19.0 Å². The fourth-order valence-corrected chi connectivity index (χ4v) is 4.16. The Labute approximate surface area is 194 Å². The summed E-state index contributed by atoms with van der Waals surface area (Å²) in [5, 5.41) is 3.44. The van der Waals surface area contributed by atoms with Crippen LogP contribution in [0.15, 0.2) is 29.3 Å². The van der Waals surface area contributed by atoms with Crippen molar-refractivity contribution in [3.63, 3.8) is 0 Å². The number of hydrogen-bond donors (Lipinski definition) is 1. The van der Waals surface area contributed by atoms with E-state index in [2.05, 4.69) is 15.2 Å². The van der Waals surface area contributed by atoms with Crippen LogP contribution < -0.4 is 15.0 Å². The van der Waals surface area contributed by atoms with E-state index in [0.717, 1.165) is 62.9 Å². The molecule has 166 valence electrons. The number of para-hydroxylation sites is 2. The zero-order valence-corrected chi connectivity index (χ0v) is 19.7. The molecule has 8 nitrogen and oxygen atoms in total. The van der Waals surface area contributed by atoms with Gasteiger partial charge in [0.2, 0.25) is 0 Å². The number of nitrogens with one attached hydrogen (secondary N) is 1. The van der Waals surface area contributed by atoms with Crippen molar-refractivity contribution in [2.45, 2.75) is 31.5 Å². The second-order valence-corrected chi connectivity index (χ2v) is 7.54. The second kappa shape index (κ2) is 11.1. The van der Waals surface area contributed by atoms with Gasteiger partial charge in [-0.2, -0.15) is 0 Å². The van der Waals surface area contributed by atoms with Gasteiger partial charge in [0.25, 0.3) is 5.91 Å². The lowest BCUT2D eigenvalue weighted by atomic mass is 10.1. The number of carbonyl (C=O) groups is 1. The van der Waals surface area contributed by atoms with Gasteiger partial charge in [-0.05, 0) is 31.4 Å². The van der Waals surface area contributed by atoms with Crippen LogP contribution in [0.3, 0.4) is 0 Å². The van der Waals surface area contributed by atoms with Crippen LogP contribution in [-0.2, 0) is 14.3 Å². The average Bonchev–Trinajstić information content (AvgIpc) is 3.30. The molecule has 2 atom stereocenters. The van der Waals surface area contributed by atoms with Crippen molar-refractivity contribution in [3.8, 4) is 5.75 Å². The first-order valence-electron chi connectivity index (χ1n) is 10.5.